The number of ether oxygens (including phenoxy) is 6. The van der Waals surface area contributed by atoms with Crippen molar-refractivity contribution in [1.29, 1.82) is 0 Å². The molecule has 0 N–H and O–H groups in total. The first-order valence-electron chi connectivity index (χ1n) is 46.3. The van der Waals surface area contributed by atoms with Gasteiger partial charge in [-0.1, -0.05) is 180 Å². The fourth-order valence-corrected chi connectivity index (χ4v) is 18.5. The number of esters is 6. The van der Waals surface area contributed by atoms with E-state index in [4.69, 9.17) is 28.4 Å². The lowest BCUT2D eigenvalue weighted by Gasteiger charge is -2.67. The van der Waals surface area contributed by atoms with E-state index in [-0.39, 0.29) is 118 Å². The summed E-state index contributed by atoms with van der Waals surface area (Å²) in [7, 11) is 0. The Morgan fingerprint density at radius 2 is 0.627 bits per heavy atom. The second-order valence-corrected chi connectivity index (χ2v) is 42.4. The molecule has 110 heavy (non-hydrogen) atoms. The summed E-state index contributed by atoms with van der Waals surface area (Å²) in [5.41, 5.74) is -2.93. The van der Waals surface area contributed by atoms with Crippen molar-refractivity contribution in [2.24, 2.45) is 72.4 Å². The van der Waals surface area contributed by atoms with Crippen molar-refractivity contribution >= 4 is 35.8 Å². The predicted molar refractivity (Wildman–Crippen MR) is 458 cm³/mol. The summed E-state index contributed by atoms with van der Waals surface area (Å²) in [6.45, 7) is 62.2. The van der Waals surface area contributed by atoms with Gasteiger partial charge in [-0.25, -0.2) is 0 Å². The van der Waals surface area contributed by atoms with Gasteiger partial charge >= 0.3 is 35.8 Å². The van der Waals surface area contributed by atoms with E-state index < -0.39 is 0 Å². The molecule has 9 aliphatic carbocycles. The zero-order chi connectivity index (χ0) is 83.9. The molecule has 0 aromatic heterocycles. The Hall–Kier alpha value is -3.18. The Morgan fingerprint density at radius 1 is 0.309 bits per heavy atom. The summed E-state index contributed by atoms with van der Waals surface area (Å²) in [6, 6.07) is 0. The van der Waals surface area contributed by atoms with Crippen molar-refractivity contribution < 1.29 is 57.2 Å². The van der Waals surface area contributed by atoms with Crippen molar-refractivity contribution in [1.82, 2.24) is 0 Å². The zero-order valence-electron chi connectivity index (χ0n) is 78.1. The van der Waals surface area contributed by atoms with Crippen LogP contribution in [-0.2, 0) is 57.2 Å². The van der Waals surface area contributed by atoms with Gasteiger partial charge in [-0.2, -0.15) is 0 Å². The molecule has 9 atom stereocenters. The highest BCUT2D eigenvalue weighted by Crippen LogP contribution is 2.70. The molecule has 0 saturated heterocycles. The molecule has 0 aromatic rings. The number of carbonyl (C=O) groups is 6. The van der Waals surface area contributed by atoms with Gasteiger partial charge in [0.15, 0.2) is 0 Å². The molecule has 0 aromatic carbocycles. The van der Waals surface area contributed by atoms with Crippen molar-refractivity contribution in [2.75, 3.05) is 0 Å². The van der Waals surface area contributed by atoms with Crippen molar-refractivity contribution in [2.45, 2.75) is 517 Å². The third-order valence-electron chi connectivity index (χ3n) is 31.6. The molecule has 9 rings (SSSR count). The standard InChI is InChI=1S/C19H36O2.2C17H30O2.C15H28O2.C14H24O2.C14H26O2.C2H6/c1-5-18(2,3)17(20)21-19(4)15-13-11-9-7-6-8-10-12-14-16-19;1-8-14(2,3)13(18)19-17(7)15(4,5)12-9-10-16(17,6)11-12;1-5-16(2,3)15(18)19-17(4)12-8-10-13-9-6-7-11-14(13)17;1-5-14(3,4)13(16)17-15(6-2)11-9-7-8-10-12-15;1-6-12(2,3)11(15)16-14(5)9-10-7-8-13(10,14)4;1-5-13(2,3)12(15)16-14(4)10-8-6-7-9-11-14;1-2/h5-16H2,1-4H3;12H,8-11H2,1-7H3;13-14H,5-12H2,1-4H3;5-12H2,1-4H3;10H,6-9H2,1-5H3;5-11H2,1-4H3;1-2H3. The van der Waals surface area contributed by atoms with Gasteiger partial charge in [0.25, 0.3) is 0 Å². The van der Waals surface area contributed by atoms with Crippen LogP contribution in [0.1, 0.15) is 484 Å². The molecule has 2 bridgehead atoms. The lowest BCUT2D eigenvalue weighted by Crippen LogP contribution is -2.68. The van der Waals surface area contributed by atoms with Crippen LogP contribution >= 0.6 is 0 Å². The highest BCUT2D eigenvalue weighted by Gasteiger charge is 2.70. The molecule has 644 valence electrons. The van der Waals surface area contributed by atoms with Crippen LogP contribution in [0.5, 0.6) is 0 Å². The zero-order valence-corrected chi connectivity index (χ0v) is 78.1. The molecule has 12 nitrogen and oxygen atoms in total. The number of hydrogen-bond acceptors (Lipinski definition) is 12. The van der Waals surface area contributed by atoms with E-state index in [1.54, 1.807) is 0 Å². The van der Waals surface area contributed by atoms with Crippen molar-refractivity contribution in [3.8, 4) is 0 Å². The van der Waals surface area contributed by atoms with E-state index in [0.29, 0.717) is 11.8 Å². The number of hydrogen-bond donors (Lipinski definition) is 0. The second kappa shape index (κ2) is 42.3. The Kier molecular flexibility index (Phi) is 38.8. The monoisotopic (exact) mass is 1550 g/mol. The van der Waals surface area contributed by atoms with Crippen LogP contribution in [0.4, 0.5) is 0 Å². The minimum Gasteiger partial charge on any atom is -0.459 e. The van der Waals surface area contributed by atoms with Crippen LogP contribution < -0.4 is 0 Å². The van der Waals surface area contributed by atoms with E-state index in [0.717, 1.165) is 108 Å². The summed E-state index contributed by atoms with van der Waals surface area (Å²) in [4.78, 5) is 73.8. The SMILES string of the molecule is CC.CCC(C)(C)C(=O)OC1(C)C2(C)CCC(C2)C1(C)C.CCC(C)(C)C(=O)OC1(C)CC2CCC21C.CCC(C)(C)C(=O)OC1(C)CCCC2CCCCC21.CCC(C)(C)C(=O)OC1(C)CCCCCC1.CCC(C)(C)C(=O)OC1(C)CCCCCCCCCCC1.CCC1(OC(=O)C(C)(C)CC)CCCCCC1. The average Bonchev–Trinajstić information content (AvgIpc) is 1.54. The molecule has 0 heterocycles. The van der Waals surface area contributed by atoms with Gasteiger partial charge in [0.1, 0.15) is 33.6 Å². The van der Waals surface area contributed by atoms with Crippen LogP contribution in [-0.4, -0.2) is 69.4 Å². The molecule has 9 saturated carbocycles. The van der Waals surface area contributed by atoms with Crippen LogP contribution in [0.25, 0.3) is 0 Å². The predicted octanol–water partition coefficient (Wildman–Crippen LogP) is 28.4. The Labute approximate surface area is 679 Å². The van der Waals surface area contributed by atoms with E-state index in [2.05, 4.69) is 90.0 Å². The third-order valence-corrected chi connectivity index (χ3v) is 31.6. The lowest BCUT2D eigenvalue weighted by molar-refractivity contribution is -0.265. The maximum absolute atomic E-state index is 12.5. The summed E-state index contributed by atoms with van der Waals surface area (Å²) < 4.78 is 35.8. The summed E-state index contributed by atoms with van der Waals surface area (Å²) in [5.74, 6) is 2.79. The summed E-state index contributed by atoms with van der Waals surface area (Å²) >= 11 is 0. The molecule has 9 fully saturated rings. The van der Waals surface area contributed by atoms with Gasteiger partial charge in [0, 0.05) is 22.2 Å². The number of fused-ring (bicyclic) bond motifs is 4. The van der Waals surface area contributed by atoms with E-state index in [1.165, 1.54) is 180 Å². The van der Waals surface area contributed by atoms with Crippen molar-refractivity contribution in [3.63, 3.8) is 0 Å². The summed E-state index contributed by atoms with van der Waals surface area (Å²) in [6.07, 6.45) is 50.0. The quantitative estimate of drug-likeness (QED) is 0.0686. The van der Waals surface area contributed by atoms with Gasteiger partial charge in [-0.15, -0.1) is 0 Å². The first-order chi connectivity index (χ1) is 50.9. The first-order valence-corrected chi connectivity index (χ1v) is 46.3. The normalized spacial score (nSPS) is 29.7. The molecule has 0 aliphatic heterocycles. The maximum atomic E-state index is 12.5. The van der Waals surface area contributed by atoms with Crippen LogP contribution in [0.2, 0.25) is 0 Å². The molecule has 12 heteroatoms. The van der Waals surface area contributed by atoms with E-state index in [1.807, 2.05) is 118 Å². The molecular formula is C98H180O12. The Morgan fingerprint density at radius 3 is 0.955 bits per heavy atom. The molecule has 9 unspecified atom stereocenters. The van der Waals surface area contributed by atoms with E-state index >= 15 is 0 Å². The molecule has 0 radical (unpaired) electrons. The number of carbonyl (C=O) groups excluding carboxylic acids is 6. The van der Waals surface area contributed by atoms with Gasteiger partial charge in [-0.05, 0) is 322 Å². The minimum atomic E-state index is -0.378. The highest BCUT2D eigenvalue weighted by molar-refractivity contribution is 5.79. The topological polar surface area (TPSA) is 158 Å². The fourth-order valence-electron chi connectivity index (χ4n) is 18.5. The Balaban J connectivity index is 0.000000341. The van der Waals surface area contributed by atoms with Gasteiger partial charge < -0.3 is 28.4 Å². The van der Waals surface area contributed by atoms with Gasteiger partial charge in [0.05, 0.1) is 32.5 Å². The largest absolute Gasteiger partial charge is 0.459 e. The fraction of sp³-hybridized carbons (Fsp3) is 0.939. The average molecular weight is 1550 g/mol. The summed E-state index contributed by atoms with van der Waals surface area (Å²) in [5, 5.41) is 0. The molecule has 0 spiro atoms. The molecule has 9 aliphatic rings. The first kappa shape index (κ1) is 101. The maximum Gasteiger partial charge on any atom is 0.312 e. The van der Waals surface area contributed by atoms with Crippen molar-refractivity contribution in [3.05, 3.63) is 0 Å². The third kappa shape index (κ3) is 26.4. The van der Waals surface area contributed by atoms with Crippen LogP contribution in [0.15, 0.2) is 0 Å². The smallest absolute Gasteiger partial charge is 0.312 e. The van der Waals surface area contributed by atoms with E-state index in [9.17, 15) is 28.8 Å². The van der Waals surface area contributed by atoms with Gasteiger partial charge in [0.2, 0.25) is 0 Å². The number of rotatable bonds is 19. The van der Waals surface area contributed by atoms with Crippen LogP contribution in [0.3, 0.4) is 0 Å². The molecule has 0 amide bonds. The van der Waals surface area contributed by atoms with Gasteiger partial charge in [-0.3, -0.25) is 28.8 Å². The minimum absolute atomic E-state index is 0.00345. The Bertz CT molecular complexity index is 2780. The van der Waals surface area contributed by atoms with Crippen LogP contribution in [0, 0.1) is 72.4 Å². The second-order valence-electron chi connectivity index (χ2n) is 42.4. The molecular weight excluding hydrogens is 1370 g/mol. The highest BCUT2D eigenvalue weighted by atomic mass is 16.6. The lowest BCUT2D eigenvalue weighted by atomic mass is 9.41.